The van der Waals surface area contributed by atoms with E-state index >= 15 is 0 Å². The summed E-state index contributed by atoms with van der Waals surface area (Å²) in [6, 6.07) is 2.13. The molecule has 0 radical (unpaired) electrons. The smallest absolute Gasteiger partial charge is 0.336 e. The maximum Gasteiger partial charge on any atom is 0.416 e. The Balaban J connectivity index is 1.70. The molecule has 132 valence electrons. The van der Waals surface area contributed by atoms with Gasteiger partial charge < -0.3 is 10.3 Å². The Bertz CT molecular complexity index is 910. The van der Waals surface area contributed by atoms with Crippen LogP contribution in [0.15, 0.2) is 18.3 Å². The van der Waals surface area contributed by atoms with E-state index in [1.807, 2.05) is 0 Å². The molecule has 1 aliphatic heterocycles. The molecule has 0 aliphatic carbocycles. The number of halogens is 4. The van der Waals surface area contributed by atoms with Crippen LogP contribution < -0.4 is 5.32 Å². The number of nitrogens with one attached hydrogen (secondary N) is 2. The van der Waals surface area contributed by atoms with Gasteiger partial charge in [-0.15, -0.1) is 5.10 Å². The van der Waals surface area contributed by atoms with E-state index in [0.717, 1.165) is 38.1 Å². The lowest BCUT2D eigenvalue weighted by Gasteiger charge is -2.21. The van der Waals surface area contributed by atoms with Crippen LogP contribution in [0.1, 0.15) is 24.4 Å². The predicted molar refractivity (Wildman–Crippen MR) is 86.3 cm³/mol. The molecule has 10 heteroatoms. The molecule has 3 aromatic rings. The van der Waals surface area contributed by atoms with Crippen molar-refractivity contribution in [1.82, 2.24) is 30.3 Å². The van der Waals surface area contributed by atoms with E-state index in [1.165, 1.54) is 0 Å². The van der Waals surface area contributed by atoms with Gasteiger partial charge >= 0.3 is 6.18 Å². The average Bonchev–Trinajstić information content (AvgIpc) is 3.21. The fraction of sp³-hybridized carbons (Fsp3) is 0.400. The molecule has 3 heterocycles. The van der Waals surface area contributed by atoms with Crippen LogP contribution in [0.5, 0.6) is 0 Å². The highest BCUT2D eigenvalue weighted by Crippen LogP contribution is 2.35. The normalized spacial score (nSPS) is 16.6. The molecule has 0 amide bonds. The minimum absolute atomic E-state index is 0.0573. The standard InChI is InChI=1S/C15H14ClF3N6/c16-10-5-8(15(17,18)19)6-11-13(10)22-14(21-11)12-7-25(24-23-12)9-1-3-20-4-2-9/h5-7,9,20H,1-4H2,(H,21,22). The van der Waals surface area contributed by atoms with Crippen LogP contribution in [0.2, 0.25) is 5.02 Å². The van der Waals surface area contributed by atoms with Gasteiger partial charge in [0.1, 0.15) is 11.2 Å². The molecule has 2 N–H and O–H groups in total. The number of alkyl halides is 3. The van der Waals surface area contributed by atoms with Crippen LogP contribution in [0.4, 0.5) is 13.2 Å². The van der Waals surface area contributed by atoms with Gasteiger partial charge in [0.25, 0.3) is 0 Å². The molecule has 0 spiro atoms. The highest BCUT2D eigenvalue weighted by Gasteiger charge is 2.32. The molecular weight excluding hydrogens is 357 g/mol. The van der Waals surface area contributed by atoms with Gasteiger partial charge in [-0.25, -0.2) is 9.67 Å². The largest absolute Gasteiger partial charge is 0.416 e. The summed E-state index contributed by atoms with van der Waals surface area (Å²) in [6.07, 6.45) is -0.819. The number of nitrogens with zero attached hydrogens (tertiary/aromatic N) is 4. The summed E-state index contributed by atoms with van der Waals surface area (Å²) in [6.45, 7) is 1.83. The number of fused-ring (bicyclic) bond motifs is 1. The quantitative estimate of drug-likeness (QED) is 0.725. The Hall–Kier alpha value is -2.13. The maximum atomic E-state index is 12.9. The molecule has 1 aliphatic rings. The second kappa shape index (κ2) is 5.99. The number of imidazole rings is 1. The number of benzene rings is 1. The number of hydrogen-bond acceptors (Lipinski definition) is 4. The number of piperidine rings is 1. The molecular formula is C15H14ClF3N6. The van der Waals surface area contributed by atoms with E-state index in [9.17, 15) is 13.2 Å². The van der Waals surface area contributed by atoms with E-state index in [2.05, 4.69) is 25.6 Å². The molecule has 1 saturated heterocycles. The minimum atomic E-state index is -4.47. The predicted octanol–water partition coefficient (Wildman–Crippen LogP) is 3.42. The molecule has 0 saturated carbocycles. The zero-order valence-corrected chi connectivity index (χ0v) is 13.7. The number of aromatic nitrogens is 5. The molecule has 6 nitrogen and oxygen atoms in total. The van der Waals surface area contributed by atoms with Gasteiger partial charge in [-0.3, -0.25) is 0 Å². The lowest BCUT2D eigenvalue weighted by atomic mass is 10.1. The maximum absolute atomic E-state index is 12.9. The summed E-state index contributed by atoms with van der Waals surface area (Å²) >= 11 is 5.97. The molecule has 1 fully saturated rings. The van der Waals surface area contributed by atoms with E-state index < -0.39 is 11.7 Å². The van der Waals surface area contributed by atoms with Crippen LogP contribution in [-0.2, 0) is 6.18 Å². The Kier molecular flexibility index (Phi) is 3.92. The van der Waals surface area contributed by atoms with E-state index in [4.69, 9.17) is 11.6 Å². The van der Waals surface area contributed by atoms with Crippen molar-refractivity contribution in [3.8, 4) is 11.5 Å². The van der Waals surface area contributed by atoms with E-state index in [1.54, 1.807) is 10.9 Å². The zero-order valence-electron chi connectivity index (χ0n) is 12.9. The summed E-state index contributed by atoms with van der Waals surface area (Å²) in [5.41, 5.74) is 0.144. The molecule has 4 rings (SSSR count). The third-order valence-corrected chi connectivity index (χ3v) is 4.59. The topological polar surface area (TPSA) is 71.4 Å². The summed E-state index contributed by atoms with van der Waals surface area (Å²) in [7, 11) is 0. The zero-order chi connectivity index (χ0) is 17.6. The summed E-state index contributed by atoms with van der Waals surface area (Å²) < 4.78 is 40.5. The average molecular weight is 371 g/mol. The Labute approximate surface area is 145 Å². The Morgan fingerprint density at radius 2 is 1.96 bits per heavy atom. The van der Waals surface area contributed by atoms with Gasteiger partial charge in [-0.05, 0) is 38.1 Å². The van der Waals surface area contributed by atoms with Crippen LogP contribution >= 0.6 is 11.6 Å². The number of H-pyrrole nitrogens is 1. The van der Waals surface area contributed by atoms with Gasteiger partial charge in [-0.1, -0.05) is 16.8 Å². The van der Waals surface area contributed by atoms with Crippen molar-refractivity contribution < 1.29 is 13.2 Å². The van der Waals surface area contributed by atoms with Gasteiger partial charge in [0.05, 0.1) is 28.3 Å². The third kappa shape index (κ3) is 3.09. The van der Waals surface area contributed by atoms with Crippen LogP contribution in [-0.4, -0.2) is 38.1 Å². The van der Waals surface area contributed by atoms with Gasteiger partial charge in [-0.2, -0.15) is 13.2 Å². The first kappa shape index (κ1) is 16.3. The number of rotatable bonds is 2. The van der Waals surface area contributed by atoms with Gasteiger partial charge in [0.2, 0.25) is 0 Å². The van der Waals surface area contributed by atoms with Crippen molar-refractivity contribution in [2.24, 2.45) is 0 Å². The monoisotopic (exact) mass is 370 g/mol. The minimum Gasteiger partial charge on any atom is -0.336 e. The summed E-state index contributed by atoms with van der Waals surface area (Å²) in [4.78, 5) is 7.14. The first-order valence-corrected chi connectivity index (χ1v) is 8.19. The first-order chi connectivity index (χ1) is 11.9. The van der Waals surface area contributed by atoms with E-state index in [0.29, 0.717) is 11.5 Å². The van der Waals surface area contributed by atoms with Gasteiger partial charge in [0, 0.05) is 0 Å². The molecule has 0 bridgehead atoms. The highest BCUT2D eigenvalue weighted by atomic mass is 35.5. The summed E-state index contributed by atoms with van der Waals surface area (Å²) in [5.74, 6) is 0.344. The summed E-state index contributed by atoms with van der Waals surface area (Å²) in [5, 5.41) is 11.4. The molecule has 0 atom stereocenters. The van der Waals surface area contributed by atoms with Crippen LogP contribution in [0, 0.1) is 0 Å². The molecule has 1 aromatic carbocycles. The van der Waals surface area contributed by atoms with Gasteiger partial charge in [0.15, 0.2) is 5.82 Å². The fourth-order valence-electron chi connectivity index (χ4n) is 3.00. The Morgan fingerprint density at radius 1 is 1.20 bits per heavy atom. The van der Waals surface area contributed by atoms with Crippen molar-refractivity contribution >= 4 is 22.6 Å². The second-order valence-corrected chi connectivity index (χ2v) is 6.41. The van der Waals surface area contributed by atoms with Crippen molar-refractivity contribution in [2.45, 2.75) is 25.1 Å². The lowest BCUT2D eigenvalue weighted by Crippen LogP contribution is -2.29. The van der Waals surface area contributed by atoms with E-state index in [-0.39, 0.29) is 22.1 Å². The van der Waals surface area contributed by atoms with Crippen molar-refractivity contribution in [2.75, 3.05) is 13.1 Å². The second-order valence-electron chi connectivity index (χ2n) is 6.00. The van der Waals surface area contributed by atoms with Crippen molar-refractivity contribution in [3.05, 3.63) is 28.9 Å². The third-order valence-electron chi connectivity index (χ3n) is 4.30. The molecule has 0 unspecified atom stereocenters. The highest BCUT2D eigenvalue weighted by molar-refractivity contribution is 6.35. The van der Waals surface area contributed by atoms with Crippen LogP contribution in [0.25, 0.3) is 22.6 Å². The first-order valence-electron chi connectivity index (χ1n) is 7.81. The van der Waals surface area contributed by atoms with Crippen molar-refractivity contribution in [1.29, 1.82) is 0 Å². The number of aromatic amines is 1. The van der Waals surface area contributed by atoms with Crippen LogP contribution in [0.3, 0.4) is 0 Å². The Morgan fingerprint density at radius 3 is 2.68 bits per heavy atom. The molecule has 25 heavy (non-hydrogen) atoms. The number of hydrogen-bond donors (Lipinski definition) is 2. The lowest BCUT2D eigenvalue weighted by molar-refractivity contribution is -0.137. The fourth-order valence-corrected chi connectivity index (χ4v) is 3.26. The molecule has 2 aromatic heterocycles. The SMILES string of the molecule is FC(F)(F)c1cc(Cl)c2nc(-c3cn(C4CCNCC4)nn3)[nH]c2c1. The van der Waals surface area contributed by atoms with Crippen molar-refractivity contribution in [3.63, 3.8) is 0 Å².